The number of anilines is 1. The van der Waals surface area contributed by atoms with E-state index in [0.29, 0.717) is 31.1 Å². The van der Waals surface area contributed by atoms with Crippen LogP contribution < -0.4 is 10.6 Å². The minimum atomic E-state index is 0.00372. The number of nitrogens with zero attached hydrogens (tertiary/aromatic N) is 4. The molecule has 2 N–H and O–H groups in total. The molecule has 1 aromatic carbocycles. The van der Waals surface area contributed by atoms with Gasteiger partial charge in [0.1, 0.15) is 12.1 Å². The van der Waals surface area contributed by atoms with Gasteiger partial charge in [0.25, 0.3) is 0 Å². The Morgan fingerprint density at radius 2 is 1.88 bits per heavy atom. The van der Waals surface area contributed by atoms with Gasteiger partial charge < -0.3 is 10.6 Å². The molecule has 1 amide bonds. The van der Waals surface area contributed by atoms with E-state index in [1.54, 1.807) is 4.68 Å². The fourth-order valence-corrected chi connectivity index (χ4v) is 2.66. The van der Waals surface area contributed by atoms with Crippen LogP contribution in [0.25, 0.3) is 5.82 Å². The number of aryl methyl sites for hydroxylation is 2. The zero-order valence-corrected chi connectivity index (χ0v) is 14.9. The molecule has 0 spiro atoms. The summed E-state index contributed by atoms with van der Waals surface area (Å²) >= 11 is 0. The van der Waals surface area contributed by atoms with Crippen LogP contribution in [0.15, 0.2) is 48.8 Å². The van der Waals surface area contributed by atoms with Crippen molar-refractivity contribution in [1.29, 1.82) is 0 Å². The van der Waals surface area contributed by atoms with Crippen molar-refractivity contribution in [3.63, 3.8) is 0 Å². The Balaban J connectivity index is 1.49. The van der Waals surface area contributed by atoms with Crippen LogP contribution in [-0.4, -0.2) is 38.7 Å². The number of aromatic nitrogens is 4. The first-order valence-corrected chi connectivity index (χ1v) is 8.52. The average Bonchev–Trinajstić information content (AvgIpc) is 2.98. The molecule has 3 aromatic rings. The molecule has 26 heavy (non-hydrogen) atoms. The summed E-state index contributed by atoms with van der Waals surface area (Å²) in [5.41, 5.74) is 2.96. The van der Waals surface area contributed by atoms with Gasteiger partial charge in [0, 0.05) is 24.8 Å². The summed E-state index contributed by atoms with van der Waals surface area (Å²) in [5.74, 6) is 1.41. The summed E-state index contributed by atoms with van der Waals surface area (Å²) in [4.78, 5) is 20.4. The normalized spacial score (nSPS) is 10.5. The van der Waals surface area contributed by atoms with E-state index in [1.807, 2.05) is 56.3 Å². The van der Waals surface area contributed by atoms with Gasteiger partial charge in [0.2, 0.25) is 5.91 Å². The van der Waals surface area contributed by atoms with Gasteiger partial charge in [0.05, 0.1) is 12.1 Å². The summed E-state index contributed by atoms with van der Waals surface area (Å²) < 4.78 is 1.78. The van der Waals surface area contributed by atoms with Gasteiger partial charge in [-0.1, -0.05) is 30.3 Å². The maximum Gasteiger partial charge on any atom is 0.224 e. The van der Waals surface area contributed by atoms with Gasteiger partial charge in [-0.15, -0.1) is 0 Å². The molecule has 0 fully saturated rings. The molecule has 2 aromatic heterocycles. The van der Waals surface area contributed by atoms with E-state index in [9.17, 15) is 4.79 Å². The van der Waals surface area contributed by atoms with Crippen molar-refractivity contribution in [3.8, 4) is 5.82 Å². The molecule has 0 saturated heterocycles. The van der Waals surface area contributed by atoms with Crippen molar-refractivity contribution in [2.45, 2.75) is 20.3 Å². The Morgan fingerprint density at radius 3 is 2.62 bits per heavy atom. The van der Waals surface area contributed by atoms with E-state index >= 15 is 0 Å². The van der Waals surface area contributed by atoms with Crippen molar-refractivity contribution >= 4 is 11.7 Å². The predicted octanol–water partition coefficient (Wildman–Crippen LogP) is 2.05. The summed E-state index contributed by atoms with van der Waals surface area (Å²) in [6.45, 7) is 5.03. The Morgan fingerprint density at radius 1 is 1.08 bits per heavy atom. The highest BCUT2D eigenvalue weighted by molar-refractivity contribution is 5.78. The van der Waals surface area contributed by atoms with Crippen LogP contribution in [0.4, 0.5) is 5.82 Å². The molecule has 0 aliphatic heterocycles. The topological polar surface area (TPSA) is 84.7 Å². The second-order valence-electron chi connectivity index (χ2n) is 6.04. The third kappa shape index (κ3) is 4.66. The predicted molar refractivity (Wildman–Crippen MR) is 100 cm³/mol. The lowest BCUT2D eigenvalue weighted by molar-refractivity contribution is -0.120. The number of carbonyl (C=O) groups excluding carboxylic acids is 1. The Kier molecular flexibility index (Phi) is 5.58. The molecule has 0 aliphatic carbocycles. The third-order valence-electron chi connectivity index (χ3n) is 3.84. The standard InChI is InChI=1S/C19H22N6O/c1-14-10-15(2)25(24-14)18-12-17(22-13-23-18)20-8-9-21-19(26)11-16-6-4-3-5-7-16/h3-7,10,12-13H,8-9,11H2,1-2H3,(H,21,26)(H,20,22,23). The Labute approximate surface area is 152 Å². The minimum Gasteiger partial charge on any atom is -0.368 e. The van der Waals surface area contributed by atoms with Crippen LogP contribution in [0.5, 0.6) is 0 Å². The summed E-state index contributed by atoms with van der Waals surface area (Å²) in [5, 5.41) is 10.5. The molecule has 7 heteroatoms. The number of carbonyl (C=O) groups is 1. The van der Waals surface area contributed by atoms with Crippen LogP contribution in [0, 0.1) is 13.8 Å². The van der Waals surface area contributed by atoms with E-state index in [2.05, 4.69) is 25.7 Å². The van der Waals surface area contributed by atoms with E-state index < -0.39 is 0 Å². The van der Waals surface area contributed by atoms with Crippen molar-refractivity contribution in [3.05, 3.63) is 65.7 Å². The molecular formula is C19H22N6O. The Hall–Kier alpha value is -3.22. The largest absolute Gasteiger partial charge is 0.368 e. The molecule has 0 bridgehead atoms. The van der Waals surface area contributed by atoms with Crippen molar-refractivity contribution < 1.29 is 4.79 Å². The fraction of sp³-hybridized carbons (Fsp3) is 0.263. The van der Waals surface area contributed by atoms with Crippen LogP contribution >= 0.6 is 0 Å². The highest BCUT2D eigenvalue weighted by Gasteiger charge is 2.06. The molecule has 0 aliphatic rings. The maximum absolute atomic E-state index is 11.9. The molecule has 2 heterocycles. The zero-order valence-electron chi connectivity index (χ0n) is 14.9. The second kappa shape index (κ2) is 8.24. The third-order valence-corrected chi connectivity index (χ3v) is 3.84. The number of amides is 1. The van der Waals surface area contributed by atoms with E-state index in [4.69, 9.17) is 0 Å². The van der Waals surface area contributed by atoms with Crippen molar-refractivity contribution in [2.24, 2.45) is 0 Å². The number of nitrogens with one attached hydrogen (secondary N) is 2. The van der Waals surface area contributed by atoms with Gasteiger partial charge in [0.15, 0.2) is 5.82 Å². The van der Waals surface area contributed by atoms with Gasteiger partial charge >= 0.3 is 0 Å². The Bertz CT molecular complexity index is 875. The van der Waals surface area contributed by atoms with Gasteiger partial charge in [-0.05, 0) is 25.5 Å². The zero-order chi connectivity index (χ0) is 18.4. The maximum atomic E-state index is 11.9. The van der Waals surface area contributed by atoms with Crippen LogP contribution in [0.1, 0.15) is 17.0 Å². The van der Waals surface area contributed by atoms with Crippen LogP contribution in [0.2, 0.25) is 0 Å². The number of hydrogen-bond acceptors (Lipinski definition) is 5. The summed E-state index contributed by atoms with van der Waals surface area (Å²) in [6.07, 6.45) is 1.89. The lowest BCUT2D eigenvalue weighted by atomic mass is 10.1. The first kappa shape index (κ1) is 17.6. The molecule has 0 atom stereocenters. The second-order valence-corrected chi connectivity index (χ2v) is 6.04. The van der Waals surface area contributed by atoms with E-state index in [0.717, 1.165) is 17.0 Å². The fourth-order valence-electron chi connectivity index (χ4n) is 2.66. The minimum absolute atomic E-state index is 0.00372. The van der Waals surface area contributed by atoms with Gasteiger partial charge in [-0.25, -0.2) is 14.6 Å². The van der Waals surface area contributed by atoms with Gasteiger partial charge in [-0.2, -0.15) is 5.10 Å². The van der Waals surface area contributed by atoms with E-state index in [-0.39, 0.29) is 5.91 Å². The lowest BCUT2D eigenvalue weighted by Crippen LogP contribution is -2.30. The quantitative estimate of drug-likeness (QED) is 0.637. The summed E-state index contributed by atoms with van der Waals surface area (Å²) in [7, 11) is 0. The number of rotatable bonds is 7. The van der Waals surface area contributed by atoms with Crippen LogP contribution in [-0.2, 0) is 11.2 Å². The molecular weight excluding hydrogens is 328 g/mol. The molecule has 0 saturated carbocycles. The molecule has 3 rings (SSSR count). The SMILES string of the molecule is Cc1cc(C)n(-c2cc(NCCNC(=O)Cc3ccccc3)ncn2)n1. The van der Waals surface area contributed by atoms with Crippen LogP contribution in [0.3, 0.4) is 0 Å². The van der Waals surface area contributed by atoms with E-state index in [1.165, 1.54) is 6.33 Å². The number of hydrogen-bond donors (Lipinski definition) is 2. The molecule has 0 radical (unpaired) electrons. The van der Waals surface area contributed by atoms with Crippen molar-refractivity contribution in [2.75, 3.05) is 18.4 Å². The monoisotopic (exact) mass is 350 g/mol. The number of benzene rings is 1. The average molecular weight is 350 g/mol. The smallest absolute Gasteiger partial charge is 0.224 e. The molecule has 7 nitrogen and oxygen atoms in total. The highest BCUT2D eigenvalue weighted by Crippen LogP contribution is 2.11. The first-order chi connectivity index (χ1) is 12.6. The van der Waals surface area contributed by atoms with Crippen molar-refractivity contribution in [1.82, 2.24) is 25.1 Å². The molecule has 134 valence electrons. The summed E-state index contributed by atoms with van der Waals surface area (Å²) in [6, 6.07) is 13.5. The highest BCUT2D eigenvalue weighted by atomic mass is 16.1. The first-order valence-electron chi connectivity index (χ1n) is 8.52. The van der Waals surface area contributed by atoms with Gasteiger partial charge in [-0.3, -0.25) is 4.79 Å². The molecule has 0 unspecified atom stereocenters. The lowest BCUT2D eigenvalue weighted by Gasteiger charge is -2.09.